The van der Waals surface area contributed by atoms with Gasteiger partial charge in [-0.15, -0.1) is 0 Å². The Kier molecular flexibility index (Phi) is 3.15. The van der Waals surface area contributed by atoms with E-state index in [9.17, 15) is 9.90 Å². The third kappa shape index (κ3) is 1.96. The topological polar surface area (TPSA) is 66.3 Å². The number of rotatable bonds is 3. The van der Waals surface area contributed by atoms with E-state index < -0.39 is 11.4 Å². The van der Waals surface area contributed by atoms with Crippen molar-refractivity contribution in [2.45, 2.75) is 39.5 Å². The third-order valence-corrected chi connectivity index (χ3v) is 4.86. The van der Waals surface area contributed by atoms with Crippen LogP contribution in [0.4, 0.5) is 5.82 Å². The van der Waals surface area contributed by atoms with Gasteiger partial charge in [0.1, 0.15) is 11.6 Å². The lowest BCUT2D eigenvalue weighted by atomic mass is 9.81. The van der Waals surface area contributed by atoms with Crippen LogP contribution in [-0.4, -0.2) is 34.1 Å². The summed E-state index contributed by atoms with van der Waals surface area (Å²) in [4.78, 5) is 22.8. The molecule has 2 fully saturated rings. The van der Waals surface area contributed by atoms with Crippen molar-refractivity contribution < 1.29 is 9.90 Å². The highest BCUT2D eigenvalue weighted by molar-refractivity contribution is 5.77. The van der Waals surface area contributed by atoms with Gasteiger partial charge in [0, 0.05) is 24.8 Å². The van der Waals surface area contributed by atoms with Crippen LogP contribution in [0.2, 0.25) is 0 Å². The molecule has 0 amide bonds. The van der Waals surface area contributed by atoms with Gasteiger partial charge in [-0.3, -0.25) is 4.79 Å². The average molecular weight is 275 g/mol. The lowest BCUT2D eigenvalue weighted by molar-refractivity contribution is -0.149. The predicted octanol–water partition coefficient (Wildman–Crippen LogP) is 2.04. The summed E-state index contributed by atoms with van der Waals surface area (Å²) >= 11 is 0. The number of carbonyl (C=O) groups is 1. The Morgan fingerprint density at radius 2 is 2.35 bits per heavy atom. The molecule has 2 heterocycles. The highest BCUT2D eigenvalue weighted by Crippen LogP contribution is 2.49. The van der Waals surface area contributed by atoms with E-state index in [4.69, 9.17) is 0 Å². The van der Waals surface area contributed by atoms with Crippen molar-refractivity contribution in [1.82, 2.24) is 9.97 Å². The van der Waals surface area contributed by atoms with E-state index in [2.05, 4.69) is 21.8 Å². The molecule has 0 bridgehead atoms. The minimum absolute atomic E-state index is 0.264. The lowest BCUT2D eigenvalue weighted by Gasteiger charge is -2.24. The van der Waals surface area contributed by atoms with E-state index >= 15 is 0 Å². The Balaban J connectivity index is 1.90. The zero-order chi connectivity index (χ0) is 14.3. The summed E-state index contributed by atoms with van der Waals surface area (Å²) in [6.45, 7) is 5.37. The molecule has 5 nitrogen and oxygen atoms in total. The summed E-state index contributed by atoms with van der Waals surface area (Å²) in [5.74, 6) is 1.29. The lowest BCUT2D eigenvalue weighted by Crippen LogP contribution is -2.35. The van der Waals surface area contributed by atoms with Crippen LogP contribution in [0.3, 0.4) is 0 Å². The van der Waals surface area contributed by atoms with Gasteiger partial charge in [0.15, 0.2) is 0 Å². The fourth-order valence-electron chi connectivity index (χ4n) is 3.77. The second kappa shape index (κ2) is 4.72. The van der Waals surface area contributed by atoms with Crippen molar-refractivity contribution in [2.24, 2.45) is 11.3 Å². The first-order valence-corrected chi connectivity index (χ1v) is 7.38. The zero-order valence-corrected chi connectivity index (χ0v) is 12.1. The minimum atomic E-state index is -0.635. The predicted molar refractivity (Wildman–Crippen MR) is 75.8 cm³/mol. The Morgan fingerprint density at radius 1 is 1.55 bits per heavy atom. The highest BCUT2D eigenvalue weighted by Gasteiger charge is 2.55. The minimum Gasteiger partial charge on any atom is -0.481 e. The molecule has 1 saturated heterocycles. The first-order chi connectivity index (χ1) is 9.55. The largest absolute Gasteiger partial charge is 0.481 e. The summed E-state index contributed by atoms with van der Waals surface area (Å²) in [7, 11) is 0. The molecule has 1 aliphatic heterocycles. The fourth-order valence-corrected chi connectivity index (χ4v) is 3.77. The maximum Gasteiger partial charge on any atom is 0.311 e. The summed E-state index contributed by atoms with van der Waals surface area (Å²) in [5, 5.41) is 9.63. The van der Waals surface area contributed by atoms with Gasteiger partial charge in [0.2, 0.25) is 0 Å². The molecule has 0 unspecified atom stereocenters. The molecule has 0 spiro atoms. The van der Waals surface area contributed by atoms with Crippen molar-refractivity contribution >= 4 is 11.8 Å². The number of hydrogen-bond donors (Lipinski definition) is 1. The summed E-state index contributed by atoms with van der Waals surface area (Å²) in [6, 6.07) is 2.00. The van der Waals surface area contributed by atoms with Gasteiger partial charge in [0.25, 0.3) is 0 Å². The number of carboxylic acids is 1. The number of carboxylic acid groups (broad SMARTS) is 1. The molecule has 5 heteroatoms. The number of fused-ring (bicyclic) bond motifs is 1. The Labute approximate surface area is 119 Å². The molecule has 0 radical (unpaired) electrons. The maximum absolute atomic E-state index is 11.7. The van der Waals surface area contributed by atoms with E-state index in [1.54, 1.807) is 0 Å². The van der Waals surface area contributed by atoms with Crippen LogP contribution in [0.25, 0.3) is 0 Å². The molecule has 1 saturated carbocycles. The van der Waals surface area contributed by atoms with Crippen molar-refractivity contribution in [1.29, 1.82) is 0 Å². The molecule has 1 N–H and O–H groups in total. The van der Waals surface area contributed by atoms with E-state index in [1.807, 2.05) is 13.0 Å². The van der Waals surface area contributed by atoms with Crippen LogP contribution in [0.15, 0.2) is 6.07 Å². The Bertz CT molecular complexity index is 546. The van der Waals surface area contributed by atoms with Crippen molar-refractivity contribution in [3.63, 3.8) is 0 Å². The number of aromatic nitrogens is 2. The third-order valence-electron chi connectivity index (χ3n) is 4.86. The van der Waals surface area contributed by atoms with E-state index in [0.717, 1.165) is 49.6 Å². The standard InChI is InChI=1S/C15H21N3O2/c1-3-12-7-13(17-10(2)16-12)18-8-11-5-4-6-15(11,9-18)14(19)20/h7,11H,3-6,8-9H2,1-2H3,(H,19,20)/t11-,15+/m0/s1. The van der Waals surface area contributed by atoms with Gasteiger partial charge in [-0.1, -0.05) is 13.3 Å². The Hall–Kier alpha value is -1.65. The van der Waals surface area contributed by atoms with Crippen LogP contribution in [0.1, 0.15) is 37.7 Å². The monoisotopic (exact) mass is 275 g/mol. The summed E-state index contributed by atoms with van der Waals surface area (Å²) < 4.78 is 0. The first-order valence-electron chi connectivity index (χ1n) is 7.38. The van der Waals surface area contributed by atoms with E-state index in [1.165, 1.54) is 0 Å². The SMILES string of the molecule is CCc1cc(N2C[C@@H]3CCC[C@@]3(C(=O)O)C2)nc(C)n1. The first kappa shape index (κ1) is 13.3. The number of anilines is 1. The van der Waals surface area contributed by atoms with Crippen molar-refractivity contribution in [2.75, 3.05) is 18.0 Å². The quantitative estimate of drug-likeness (QED) is 0.914. The molecule has 2 atom stereocenters. The number of hydrogen-bond acceptors (Lipinski definition) is 4. The van der Waals surface area contributed by atoms with E-state index in [-0.39, 0.29) is 5.92 Å². The van der Waals surface area contributed by atoms with Gasteiger partial charge in [-0.25, -0.2) is 9.97 Å². The molecule has 3 rings (SSSR count). The summed E-state index contributed by atoms with van der Waals surface area (Å²) in [5.41, 5.74) is 0.472. The second-order valence-corrected chi connectivity index (χ2v) is 6.05. The van der Waals surface area contributed by atoms with Crippen LogP contribution in [-0.2, 0) is 11.2 Å². The highest BCUT2D eigenvalue weighted by atomic mass is 16.4. The van der Waals surface area contributed by atoms with Gasteiger partial charge >= 0.3 is 5.97 Å². The zero-order valence-electron chi connectivity index (χ0n) is 12.1. The molecule has 20 heavy (non-hydrogen) atoms. The van der Waals surface area contributed by atoms with E-state index in [0.29, 0.717) is 6.54 Å². The van der Waals surface area contributed by atoms with Crippen LogP contribution in [0.5, 0.6) is 0 Å². The van der Waals surface area contributed by atoms with Crippen molar-refractivity contribution in [3.05, 3.63) is 17.6 Å². The van der Waals surface area contributed by atoms with Crippen LogP contribution in [0, 0.1) is 18.3 Å². The van der Waals surface area contributed by atoms with Gasteiger partial charge in [-0.05, 0) is 32.1 Å². The molecule has 2 aliphatic rings. The maximum atomic E-state index is 11.7. The van der Waals surface area contributed by atoms with Crippen LogP contribution >= 0.6 is 0 Å². The van der Waals surface area contributed by atoms with Gasteiger partial charge < -0.3 is 10.0 Å². The second-order valence-electron chi connectivity index (χ2n) is 6.05. The van der Waals surface area contributed by atoms with Crippen LogP contribution < -0.4 is 4.90 Å². The van der Waals surface area contributed by atoms with Gasteiger partial charge in [-0.2, -0.15) is 0 Å². The Morgan fingerprint density at radius 3 is 3.00 bits per heavy atom. The van der Waals surface area contributed by atoms with Crippen molar-refractivity contribution in [3.8, 4) is 0 Å². The number of aliphatic carboxylic acids is 1. The summed E-state index contributed by atoms with van der Waals surface area (Å²) in [6.07, 6.45) is 3.73. The molecular weight excluding hydrogens is 254 g/mol. The fraction of sp³-hybridized carbons (Fsp3) is 0.667. The molecule has 1 aromatic rings. The normalized spacial score (nSPS) is 28.7. The molecular formula is C15H21N3O2. The van der Waals surface area contributed by atoms with Gasteiger partial charge in [0.05, 0.1) is 5.41 Å². The number of aryl methyl sites for hydroxylation is 2. The molecule has 0 aromatic carbocycles. The molecule has 1 aliphatic carbocycles. The smallest absolute Gasteiger partial charge is 0.311 e. The average Bonchev–Trinajstić information content (AvgIpc) is 2.95. The molecule has 108 valence electrons. The molecule has 1 aromatic heterocycles. The number of nitrogens with zero attached hydrogens (tertiary/aromatic N) is 3.